The molecule has 2 fully saturated rings. The third-order valence-corrected chi connectivity index (χ3v) is 13.1. The fraction of sp³-hybridized carbons (Fsp3) is 0.405. The molecule has 1 aromatic heterocycles. The maximum absolute atomic E-state index is 14.8. The van der Waals surface area contributed by atoms with Gasteiger partial charge >= 0.3 is 0 Å². The molecule has 2 N–H and O–H groups in total. The highest BCUT2D eigenvalue weighted by Gasteiger charge is 2.66. The Morgan fingerprint density at radius 3 is 2.47 bits per heavy atom. The van der Waals surface area contributed by atoms with E-state index in [9.17, 15) is 19.5 Å². The molecule has 3 aliphatic heterocycles. The molecule has 49 heavy (non-hydrogen) atoms. The smallest absolute Gasteiger partial charge is 0.264 e. The number of ether oxygens (including phenoxy) is 2. The third-order valence-electron chi connectivity index (χ3n) is 10.6. The minimum absolute atomic E-state index is 0.0927. The van der Waals surface area contributed by atoms with Crippen molar-refractivity contribution in [3.63, 3.8) is 0 Å². The van der Waals surface area contributed by atoms with Crippen molar-refractivity contribution in [1.29, 1.82) is 0 Å². The summed E-state index contributed by atoms with van der Waals surface area (Å²) in [6.07, 6.45) is 2.51. The zero-order valence-electron chi connectivity index (χ0n) is 28.3. The molecule has 2 saturated heterocycles. The highest BCUT2D eigenvalue weighted by molar-refractivity contribution is 6.71. The number of rotatable bonds is 11. The molecule has 12 heteroatoms. The Hall–Kier alpha value is -4.36. The van der Waals surface area contributed by atoms with Gasteiger partial charge in [-0.05, 0) is 61.0 Å². The molecule has 3 aromatic carbocycles. The van der Waals surface area contributed by atoms with Crippen molar-refractivity contribution in [2.24, 2.45) is 5.92 Å². The summed E-state index contributed by atoms with van der Waals surface area (Å²) in [5.41, 5.74) is 3.36. The first-order chi connectivity index (χ1) is 23.5. The van der Waals surface area contributed by atoms with Crippen LogP contribution in [0.1, 0.15) is 48.1 Å². The van der Waals surface area contributed by atoms with E-state index in [2.05, 4.69) is 10.3 Å². The van der Waals surface area contributed by atoms with E-state index in [4.69, 9.17) is 9.47 Å². The number of aliphatic hydroxyl groups excluding tert-OH is 1. The SMILES string of the molecule is COc1ccc2c(c1)[C@@]1(O[C@H](CCn3cc(C(CO)c4ccccc4)nn3)[C@@H]([Si](C)(C)O)[C@@H]1C)C(=O)N2Cc1ccc(N2CCC2=O)cc1. The summed E-state index contributed by atoms with van der Waals surface area (Å²) in [4.78, 5) is 42.0. The van der Waals surface area contributed by atoms with Crippen LogP contribution in [-0.2, 0) is 33.0 Å². The highest BCUT2D eigenvalue weighted by Crippen LogP contribution is 2.60. The molecule has 0 bridgehead atoms. The molecule has 5 atom stereocenters. The number of aromatic nitrogens is 3. The average molecular weight is 682 g/mol. The van der Waals surface area contributed by atoms with Gasteiger partial charge in [0, 0.05) is 48.4 Å². The summed E-state index contributed by atoms with van der Waals surface area (Å²) in [6.45, 7) is 7.27. The zero-order chi connectivity index (χ0) is 34.5. The molecule has 3 aliphatic rings. The van der Waals surface area contributed by atoms with Gasteiger partial charge in [-0.3, -0.25) is 14.3 Å². The number of β-lactam (4-membered cyclic amide) rings is 1. The van der Waals surface area contributed by atoms with Crippen molar-refractivity contribution in [1.82, 2.24) is 15.0 Å². The van der Waals surface area contributed by atoms with Gasteiger partial charge in [0.15, 0.2) is 13.9 Å². The summed E-state index contributed by atoms with van der Waals surface area (Å²) in [7, 11) is -1.27. The summed E-state index contributed by atoms with van der Waals surface area (Å²) in [5.74, 6) is -0.0340. The van der Waals surface area contributed by atoms with Crippen LogP contribution >= 0.6 is 0 Å². The van der Waals surface area contributed by atoms with Crippen LogP contribution in [0.15, 0.2) is 79.0 Å². The maximum atomic E-state index is 14.8. The minimum Gasteiger partial charge on any atom is -0.497 e. The van der Waals surface area contributed by atoms with Crippen LogP contribution in [0.25, 0.3) is 0 Å². The van der Waals surface area contributed by atoms with Crippen molar-refractivity contribution in [2.45, 2.75) is 69.1 Å². The van der Waals surface area contributed by atoms with Crippen LogP contribution in [0.2, 0.25) is 18.6 Å². The number of fused-ring (bicyclic) bond motifs is 2. The lowest BCUT2D eigenvalue weighted by Gasteiger charge is -2.32. The fourth-order valence-corrected chi connectivity index (χ4v) is 10.7. The largest absolute Gasteiger partial charge is 0.497 e. The summed E-state index contributed by atoms with van der Waals surface area (Å²) in [5, 5.41) is 18.9. The third kappa shape index (κ3) is 5.76. The van der Waals surface area contributed by atoms with Crippen molar-refractivity contribution >= 4 is 31.5 Å². The van der Waals surface area contributed by atoms with Crippen LogP contribution in [0, 0.1) is 5.92 Å². The molecular weight excluding hydrogens is 639 g/mol. The summed E-state index contributed by atoms with van der Waals surface area (Å²) >= 11 is 0. The highest BCUT2D eigenvalue weighted by atomic mass is 28.4. The molecule has 4 heterocycles. The van der Waals surface area contributed by atoms with Gasteiger partial charge in [0.2, 0.25) is 5.91 Å². The molecule has 2 amide bonds. The number of amides is 2. The van der Waals surface area contributed by atoms with Gasteiger partial charge in [-0.2, -0.15) is 0 Å². The van der Waals surface area contributed by atoms with Gasteiger partial charge in [0.05, 0.1) is 43.7 Å². The first kappa shape index (κ1) is 33.1. The van der Waals surface area contributed by atoms with E-state index < -0.39 is 20.0 Å². The lowest BCUT2D eigenvalue weighted by atomic mass is 9.82. The molecule has 0 radical (unpaired) electrons. The number of benzene rings is 3. The van der Waals surface area contributed by atoms with Gasteiger partial charge in [-0.15, -0.1) is 5.10 Å². The molecule has 0 saturated carbocycles. The fourth-order valence-electron chi connectivity index (χ4n) is 8.06. The molecule has 7 rings (SSSR count). The van der Waals surface area contributed by atoms with E-state index in [1.165, 1.54) is 0 Å². The molecular formula is C37H43N5O6Si. The van der Waals surface area contributed by atoms with Crippen molar-refractivity contribution in [3.8, 4) is 5.75 Å². The molecule has 1 spiro atoms. The lowest BCUT2D eigenvalue weighted by Crippen LogP contribution is -2.46. The Morgan fingerprint density at radius 2 is 1.84 bits per heavy atom. The number of carbonyl (C=O) groups excluding carboxylic acids is 2. The monoisotopic (exact) mass is 681 g/mol. The first-order valence-electron chi connectivity index (χ1n) is 16.9. The molecule has 256 valence electrons. The van der Waals surface area contributed by atoms with E-state index in [0.29, 0.717) is 37.4 Å². The van der Waals surface area contributed by atoms with E-state index in [0.717, 1.165) is 34.6 Å². The van der Waals surface area contributed by atoms with Gasteiger partial charge in [-0.1, -0.05) is 54.6 Å². The predicted octanol–water partition coefficient (Wildman–Crippen LogP) is 4.58. The van der Waals surface area contributed by atoms with Crippen LogP contribution in [0.3, 0.4) is 0 Å². The zero-order valence-corrected chi connectivity index (χ0v) is 29.3. The maximum Gasteiger partial charge on any atom is 0.264 e. The predicted molar refractivity (Wildman–Crippen MR) is 187 cm³/mol. The molecule has 1 unspecified atom stereocenters. The van der Waals surface area contributed by atoms with Gasteiger partial charge in [-0.25, -0.2) is 0 Å². The lowest BCUT2D eigenvalue weighted by molar-refractivity contribution is -0.146. The van der Waals surface area contributed by atoms with Gasteiger partial charge < -0.3 is 29.2 Å². The number of nitrogens with zero attached hydrogens (tertiary/aromatic N) is 5. The molecule has 4 aromatic rings. The van der Waals surface area contributed by atoms with Gasteiger partial charge in [0.1, 0.15) is 5.75 Å². The topological polar surface area (TPSA) is 130 Å². The Bertz CT molecular complexity index is 1840. The Morgan fingerprint density at radius 1 is 1.08 bits per heavy atom. The normalized spacial score (nSPS) is 24.0. The second-order valence-electron chi connectivity index (χ2n) is 13.9. The van der Waals surface area contributed by atoms with E-state index in [1.54, 1.807) is 21.6 Å². The molecule has 0 aliphatic carbocycles. The minimum atomic E-state index is -2.87. The number of aryl methyl sites for hydroxylation is 1. The second-order valence-corrected chi connectivity index (χ2v) is 17.9. The first-order valence-corrected chi connectivity index (χ1v) is 19.9. The van der Waals surface area contributed by atoms with Gasteiger partial charge in [0.25, 0.3) is 5.91 Å². The number of hydrogen-bond donors (Lipinski definition) is 2. The number of anilines is 2. The van der Waals surface area contributed by atoms with Crippen molar-refractivity contribution in [3.05, 3.63) is 101 Å². The van der Waals surface area contributed by atoms with E-state index in [1.807, 2.05) is 99.0 Å². The molecule has 11 nitrogen and oxygen atoms in total. The quantitative estimate of drug-likeness (QED) is 0.174. The van der Waals surface area contributed by atoms with Crippen molar-refractivity contribution in [2.75, 3.05) is 30.1 Å². The van der Waals surface area contributed by atoms with Crippen LogP contribution < -0.4 is 14.5 Å². The number of methoxy groups -OCH3 is 1. The van der Waals surface area contributed by atoms with Crippen LogP contribution in [0.4, 0.5) is 11.4 Å². The number of hydrogen-bond acceptors (Lipinski definition) is 8. The van der Waals surface area contributed by atoms with E-state index >= 15 is 0 Å². The standard InChI is InChI=1S/C37H43N5O6Si/c1-24-35(49(3,4)46)33(16-18-40-22-31(38-39-40)29(23-43)26-8-6-5-7-9-26)48-37(24)30-20-28(47-2)14-15-32(30)42(36(37)45)21-25-10-12-27(13-11-25)41-19-17-34(41)44/h5-15,20,22,24,29,33,35,43,46H,16-19,21,23H2,1-4H3/t24-,29?,33+,35-,37+/m0/s1. The summed E-state index contributed by atoms with van der Waals surface area (Å²) in [6, 6.07) is 23.2. The Kier molecular flexibility index (Phi) is 8.68. The average Bonchev–Trinajstić information content (AvgIpc) is 3.74. The van der Waals surface area contributed by atoms with E-state index in [-0.39, 0.29) is 35.8 Å². The summed E-state index contributed by atoms with van der Waals surface area (Å²) < 4.78 is 14.4. The number of carbonyl (C=O) groups is 2. The number of aliphatic hydroxyl groups is 1. The van der Waals surface area contributed by atoms with Crippen LogP contribution in [0.5, 0.6) is 5.75 Å². The Labute approximate surface area is 287 Å². The van der Waals surface area contributed by atoms with Crippen molar-refractivity contribution < 1.29 is 29.0 Å². The Balaban J connectivity index is 1.17. The second kappa shape index (κ2) is 12.8. The van der Waals surface area contributed by atoms with Crippen LogP contribution in [-0.4, -0.2) is 71.4 Å².